The largest absolute Gasteiger partial charge is 0.296 e. The van der Waals surface area contributed by atoms with E-state index >= 15 is 0 Å². The third-order valence-corrected chi connectivity index (χ3v) is 4.79. The SMILES string of the molecule is CC1CCC(C)N(Cc2cccc([N+](=O)[O-])c2Br)C1. The Kier molecular flexibility index (Phi) is 4.58. The van der Waals surface area contributed by atoms with Gasteiger partial charge in [0.1, 0.15) is 0 Å². The summed E-state index contributed by atoms with van der Waals surface area (Å²) in [5.74, 6) is 0.702. The minimum Gasteiger partial charge on any atom is -0.296 e. The van der Waals surface area contributed by atoms with Crippen molar-refractivity contribution in [1.82, 2.24) is 4.90 Å². The molecule has 5 heteroatoms. The van der Waals surface area contributed by atoms with Gasteiger partial charge < -0.3 is 0 Å². The molecular formula is C14H19BrN2O2. The summed E-state index contributed by atoms with van der Waals surface area (Å²) in [6.07, 6.45) is 2.47. The van der Waals surface area contributed by atoms with Crippen molar-refractivity contribution in [3.05, 3.63) is 38.3 Å². The second kappa shape index (κ2) is 6.01. The number of nitro groups is 1. The molecule has 2 atom stereocenters. The first-order valence-electron chi connectivity index (χ1n) is 6.65. The molecule has 1 saturated heterocycles. The van der Waals surface area contributed by atoms with Gasteiger partial charge in [-0.25, -0.2) is 0 Å². The molecule has 104 valence electrons. The number of halogens is 1. The van der Waals surface area contributed by atoms with E-state index in [4.69, 9.17) is 0 Å². The molecule has 1 aliphatic rings. The van der Waals surface area contributed by atoms with E-state index in [-0.39, 0.29) is 10.6 Å². The smallest absolute Gasteiger partial charge is 0.283 e. The molecule has 1 aromatic carbocycles. The predicted molar refractivity (Wildman–Crippen MR) is 79.1 cm³/mol. The molecule has 0 saturated carbocycles. The highest BCUT2D eigenvalue weighted by atomic mass is 79.9. The van der Waals surface area contributed by atoms with Crippen molar-refractivity contribution in [1.29, 1.82) is 0 Å². The molecule has 0 spiro atoms. The standard InChI is InChI=1S/C14H19BrN2O2/c1-10-6-7-11(2)16(8-10)9-12-4-3-5-13(14(12)15)17(18)19/h3-5,10-11H,6-9H2,1-2H3. The van der Waals surface area contributed by atoms with Crippen LogP contribution in [0.1, 0.15) is 32.3 Å². The summed E-state index contributed by atoms with van der Waals surface area (Å²) in [6, 6.07) is 5.80. The van der Waals surface area contributed by atoms with Gasteiger partial charge in [-0.1, -0.05) is 19.1 Å². The van der Waals surface area contributed by atoms with E-state index in [1.54, 1.807) is 6.07 Å². The molecule has 0 radical (unpaired) electrons. The lowest BCUT2D eigenvalue weighted by Crippen LogP contribution is -2.40. The van der Waals surface area contributed by atoms with Gasteiger partial charge in [-0.05, 0) is 47.2 Å². The Morgan fingerprint density at radius 1 is 1.42 bits per heavy atom. The molecule has 0 aromatic heterocycles. The monoisotopic (exact) mass is 326 g/mol. The zero-order chi connectivity index (χ0) is 14.0. The molecule has 19 heavy (non-hydrogen) atoms. The van der Waals surface area contributed by atoms with Crippen LogP contribution in [0.25, 0.3) is 0 Å². The average molecular weight is 327 g/mol. The molecule has 0 amide bonds. The second-order valence-corrected chi connectivity index (χ2v) is 6.26. The van der Waals surface area contributed by atoms with Gasteiger partial charge in [-0.3, -0.25) is 15.0 Å². The van der Waals surface area contributed by atoms with Crippen LogP contribution in [0.5, 0.6) is 0 Å². The minimum atomic E-state index is -0.337. The van der Waals surface area contributed by atoms with Gasteiger partial charge in [0.15, 0.2) is 0 Å². The van der Waals surface area contributed by atoms with Crippen LogP contribution in [0.15, 0.2) is 22.7 Å². The summed E-state index contributed by atoms with van der Waals surface area (Å²) < 4.78 is 0.616. The fourth-order valence-corrected chi connectivity index (χ4v) is 3.18. The highest BCUT2D eigenvalue weighted by Crippen LogP contribution is 2.31. The number of nitro benzene ring substituents is 1. The predicted octanol–water partition coefficient (Wildman–Crippen LogP) is 3.98. The molecule has 1 aliphatic heterocycles. The second-order valence-electron chi connectivity index (χ2n) is 5.47. The average Bonchev–Trinajstić information content (AvgIpc) is 2.36. The molecule has 0 bridgehead atoms. The summed E-state index contributed by atoms with van der Waals surface area (Å²) in [4.78, 5) is 13.0. The third-order valence-electron chi connectivity index (χ3n) is 3.88. The van der Waals surface area contributed by atoms with E-state index in [1.165, 1.54) is 18.9 Å². The Balaban J connectivity index is 2.19. The molecule has 0 N–H and O–H groups in total. The number of hydrogen-bond acceptors (Lipinski definition) is 3. The van der Waals surface area contributed by atoms with Crippen LogP contribution in [-0.4, -0.2) is 22.4 Å². The number of nitrogens with zero attached hydrogens (tertiary/aromatic N) is 2. The lowest BCUT2D eigenvalue weighted by molar-refractivity contribution is -0.385. The summed E-state index contributed by atoms with van der Waals surface area (Å²) in [7, 11) is 0. The number of hydrogen-bond donors (Lipinski definition) is 0. The highest BCUT2D eigenvalue weighted by Gasteiger charge is 2.24. The van der Waals surface area contributed by atoms with Crippen LogP contribution in [0.3, 0.4) is 0 Å². The van der Waals surface area contributed by atoms with Crippen LogP contribution >= 0.6 is 15.9 Å². The zero-order valence-electron chi connectivity index (χ0n) is 11.3. The number of piperidine rings is 1. The highest BCUT2D eigenvalue weighted by molar-refractivity contribution is 9.10. The summed E-state index contributed by atoms with van der Waals surface area (Å²) >= 11 is 3.38. The van der Waals surface area contributed by atoms with Gasteiger partial charge in [-0.15, -0.1) is 0 Å². The Bertz CT molecular complexity index is 479. The normalized spacial score (nSPS) is 24.4. The summed E-state index contributed by atoms with van der Waals surface area (Å²) in [5, 5.41) is 10.9. The van der Waals surface area contributed by atoms with Crippen LogP contribution in [-0.2, 0) is 6.54 Å². The molecule has 2 rings (SSSR count). The van der Waals surface area contributed by atoms with Gasteiger partial charge in [0.2, 0.25) is 0 Å². The molecule has 2 unspecified atom stereocenters. The molecule has 1 aromatic rings. The van der Waals surface area contributed by atoms with Crippen molar-refractivity contribution in [2.24, 2.45) is 5.92 Å². The van der Waals surface area contributed by atoms with Crippen LogP contribution in [0.4, 0.5) is 5.69 Å². The third kappa shape index (κ3) is 3.34. The number of benzene rings is 1. The maximum atomic E-state index is 10.9. The van der Waals surface area contributed by atoms with Crippen LogP contribution in [0.2, 0.25) is 0 Å². The van der Waals surface area contributed by atoms with Crippen molar-refractivity contribution in [2.75, 3.05) is 6.54 Å². The van der Waals surface area contributed by atoms with Gasteiger partial charge in [0.25, 0.3) is 5.69 Å². The van der Waals surface area contributed by atoms with Gasteiger partial charge in [0, 0.05) is 25.2 Å². The van der Waals surface area contributed by atoms with Gasteiger partial charge in [-0.2, -0.15) is 0 Å². The summed E-state index contributed by atoms with van der Waals surface area (Å²) in [5.41, 5.74) is 1.14. The minimum absolute atomic E-state index is 0.148. The maximum absolute atomic E-state index is 10.9. The Labute approximate surface area is 122 Å². The molecule has 0 aliphatic carbocycles. The first-order chi connectivity index (χ1) is 8.99. The van der Waals surface area contributed by atoms with Gasteiger partial charge >= 0.3 is 0 Å². The van der Waals surface area contributed by atoms with Crippen molar-refractivity contribution in [2.45, 2.75) is 39.3 Å². The molecule has 1 heterocycles. The first-order valence-corrected chi connectivity index (χ1v) is 7.44. The maximum Gasteiger partial charge on any atom is 0.283 e. The van der Waals surface area contributed by atoms with E-state index < -0.39 is 0 Å². The van der Waals surface area contributed by atoms with E-state index in [0.717, 1.165) is 18.7 Å². The Morgan fingerprint density at radius 2 is 2.16 bits per heavy atom. The lowest BCUT2D eigenvalue weighted by Gasteiger charge is -2.36. The number of likely N-dealkylation sites (tertiary alicyclic amines) is 1. The van der Waals surface area contributed by atoms with Crippen molar-refractivity contribution >= 4 is 21.6 Å². The van der Waals surface area contributed by atoms with Gasteiger partial charge in [0.05, 0.1) is 9.40 Å². The van der Waals surface area contributed by atoms with E-state index in [2.05, 4.69) is 34.7 Å². The van der Waals surface area contributed by atoms with Crippen molar-refractivity contribution in [3.8, 4) is 0 Å². The van der Waals surface area contributed by atoms with E-state index in [1.807, 2.05) is 6.07 Å². The zero-order valence-corrected chi connectivity index (χ0v) is 12.9. The van der Waals surface area contributed by atoms with Crippen molar-refractivity contribution in [3.63, 3.8) is 0 Å². The summed E-state index contributed by atoms with van der Waals surface area (Å²) in [6.45, 7) is 6.34. The quantitative estimate of drug-likeness (QED) is 0.623. The fourth-order valence-electron chi connectivity index (χ4n) is 2.65. The number of rotatable bonds is 3. The fraction of sp³-hybridized carbons (Fsp3) is 0.571. The van der Waals surface area contributed by atoms with E-state index in [0.29, 0.717) is 16.4 Å². The molecule has 4 nitrogen and oxygen atoms in total. The topological polar surface area (TPSA) is 46.4 Å². The molecular weight excluding hydrogens is 308 g/mol. The first kappa shape index (κ1) is 14.5. The van der Waals surface area contributed by atoms with Crippen LogP contribution in [0, 0.1) is 16.0 Å². The Morgan fingerprint density at radius 3 is 2.84 bits per heavy atom. The van der Waals surface area contributed by atoms with Crippen LogP contribution < -0.4 is 0 Å². The Hall–Kier alpha value is -0.940. The van der Waals surface area contributed by atoms with E-state index in [9.17, 15) is 10.1 Å². The van der Waals surface area contributed by atoms with Crippen molar-refractivity contribution < 1.29 is 4.92 Å². The lowest BCUT2D eigenvalue weighted by atomic mass is 9.94. The molecule has 1 fully saturated rings.